The zero-order valence-electron chi connectivity index (χ0n) is 13.8. The lowest BCUT2D eigenvalue weighted by Gasteiger charge is -2.12. The molecule has 0 radical (unpaired) electrons. The lowest BCUT2D eigenvalue weighted by atomic mass is 10.2. The highest BCUT2D eigenvalue weighted by molar-refractivity contribution is 6.04. The molecule has 0 bridgehead atoms. The van der Waals surface area contributed by atoms with Crippen LogP contribution in [0.25, 0.3) is 0 Å². The number of nitrogens with one attached hydrogen (secondary N) is 2. The van der Waals surface area contributed by atoms with Crippen molar-refractivity contribution in [2.75, 3.05) is 23.8 Å². The summed E-state index contributed by atoms with van der Waals surface area (Å²) >= 11 is 0. The molecule has 0 saturated carbocycles. The number of rotatable bonds is 5. The molecule has 1 aromatic carbocycles. The van der Waals surface area contributed by atoms with Gasteiger partial charge in [0.05, 0.1) is 22.9 Å². The molecular weight excluding hydrogens is 347 g/mol. The van der Waals surface area contributed by atoms with Gasteiger partial charge in [0.1, 0.15) is 0 Å². The molecule has 1 amide bonds. The molecular formula is C18H18F3N3O2. The van der Waals surface area contributed by atoms with Crippen LogP contribution in [0.5, 0.6) is 0 Å². The molecule has 1 fully saturated rings. The van der Waals surface area contributed by atoms with E-state index in [1.807, 2.05) is 0 Å². The fourth-order valence-corrected chi connectivity index (χ4v) is 2.64. The minimum absolute atomic E-state index is 0.152. The Kier molecular flexibility index (Phi) is 5.41. The molecule has 138 valence electrons. The molecule has 3 rings (SSSR count). The van der Waals surface area contributed by atoms with Crippen molar-refractivity contribution in [2.45, 2.75) is 25.1 Å². The van der Waals surface area contributed by atoms with Crippen LogP contribution in [0.3, 0.4) is 0 Å². The summed E-state index contributed by atoms with van der Waals surface area (Å²) in [5, 5.41) is 5.74. The Morgan fingerprint density at radius 3 is 2.62 bits per heavy atom. The number of alkyl halides is 3. The summed E-state index contributed by atoms with van der Waals surface area (Å²) in [6.45, 7) is 1.39. The average Bonchev–Trinajstić information content (AvgIpc) is 3.13. The molecule has 26 heavy (non-hydrogen) atoms. The maximum Gasteiger partial charge on any atom is 0.416 e. The van der Waals surface area contributed by atoms with Gasteiger partial charge >= 0.3 is 6.18 Å². The number of anilines is 2. The van der Waals surface area contributed by atoms with Crippen molar-refractivity contribution in [2.24, 2.45) is 0 Å². The number of carbonyl (C=O) groups is 1. The Bertz CT molecular complexity index is 757. The van der Waals surface area contributed by atoms with Crippen LogP contribution in [0.15, 0.2) is 42.7 Å². The van der Waals surface area contributed by atoms with E-state index >= 15 is 0 Å². The minimum atomic E-state index is -4.41. The summed E-state index contributed by atoms with van der Waals surface area (Å²) in [6.07, 6.45) is 0.782. The number of carbonyl (C=O) groups excluding carboxylic acids is 1. The lowest BCUT2D eigenvalue weighted by molar-refractivity contribution is -0.137. The summed E-state index contributed by atoms with van der Waals surface area (Å²) in [6, 6.07) is 5.92. The van der Waals surface area contributed by atoms with E-state index in [0.717, 1.165) is 31.6 Å². The number of nitrogens with zero attached hydrogens (tertiary/aromatic N) is 1. The van der Waals surface area contributed by atoms with E-state index in [9.17, 15) is 18.0 Å². The first-order valence-electron chi connectivity index (χ1n) is 8.21. The predicted octanol–water partition coefficient (Wildman–Crippen LogP) is 3.94. The number of hydrogen-bond acceptors (Lipinski definition) is 4. The summed E-state index contributed by atoms with van der Waals surface area (Å²) in [5.74, 6) is -0.446. The summed E-state index contributed by atoms with van der Waals surface area (Å²) < 4.78 is 43.2. The number of ether oxygens (including phenoxy) is 1. The fraction of sp³-hybridized carbons (Fsp3) is 0.333. The van der Waals surface area contributed by atoms with Crippen LogP contribution < -0.4 is 10.6 Å². The Hall–Kier alpha value is -2.61. The smallest absolute Gasteiger partial charge is 0.381 e. The van der Waals surface area contributed by atoms with Crippen molar-refractivity contribution in [3.63, 3.8) is 0 Å². The minimum Gasteiger partial charge on any atom is -0.381 e. The van der Waals surface area contributed by atoms with Crippen molar-refractivity contribution in [3.8, 4) is 0 Å². The van der Waals surface area contributed by atoms with Crippen LogP contribution in [0, 0.1) is 0 Å². The Labute approximate surface area is 148 Å². The molecule has 0 aliphatic carbocycles. The van der Waals surface area contributed by atoms with Gasteiger partial charge in [0.15, 0.2) is 0 Å². The normalized spacial score (nSPS) is 17.1. The largest absolute Gasteiger partial charge is 0.416 e. The molecule has 2 aromatic rings. The summed E-state index contributed by atoms with van der Waals surface area (Å²) in [5.41, 5.74) is 0.501. The molecule has 8 heteroatoms. The molecule has 0 spiro atoms. The monoisotopic (exact) mass is 365 g/mol. The van der Waals surface area contributed by atoms with Crippen LogP contribution in [-0.4, -0.2) is 30.1 Å². The number of hydrogen-bond donors (Lipinski definition) is 2. The highest BCUT2D eigenvalue weighted by Gasteiger charge is 2.30. The standard InChI is InChI=1S/C18H18F3N3O2/c19-18(20,21)13-3-5-14(6-4-13)24-17(25)12-8-15(10-22-9-12)23-11-16-2-1-7-26-16/h3-6,8-10,16,23H,1-2,7,11H2,(H,24,25). The number of benzene rings is 1. The first kappa shape index (κ1) is 18.2. The third kappa shape index (κ3) is 4.72. The van der Waals surface area contributed by atoms with Gasteiger partial charge in [-0.3, -0.25) is 9.78 Å². The summed E-state index contributed by atoms with van der Waals surface area (Å²) in [4.78, 5) is 16.3. The molecule has 1 aromatic heterocycles. The second-order valence-electron chi connectivity index (χ2n) is 6.01. The number of pyridine rings is 1. The molecule has 2 N–H and O–H groups in total. The third-order valence-electron chi connectivity index (χ3n) is 4.03. The Balaban J connectivity index is 1.61. The van der Waals surface area contributed by atoms with Crippen molar-refractivity contribution in [1.82, 2.24) is 4.98 Å². The van der Waals surface area contributed by atoms with E-state index in [2.05, 4.69) is 15.6 Å². The topological polar surface area (TPSA) is 63.2 Å². The van der Waals surface area contributed by atoms with E-state index in [1.54, 1.807) is 12.3 Å². The molecule has 1 unspecified atom stereocenters. The van der Waals surface area contributed by atoms with Crippen LogP contribution in [-0.2, 0) is 10.9 Å². The van der Waals surface area contributed by atoms with E-state index in [4.69, 9.17) is 4.74 Å². The number of halogens is 3. The van der Waals surface area contributed by atoms with Crippen LogP contribution in [0.1, 0.15) is 28.8 Å². The molecule has 5 nitrogen and oxygen atoms in total. The van der Waals surface area contributed by atoms with Gasteiger partial charge in [-0.1, -0.05) is 0 Å². The van der Waals surface area contributed by atoms with Gasteiger partial charge in [0.2, 0.25) is 0 Å². The lowest BCUT2D eigenvalue weighted by Crippen LogP contribution is -2.19. The van der Waals surface area contributed by atoms with Crippen molar-refractivity contribution in [3.05, 3.63) is 53.9 Å². The zero-order valence-corrected chi connectivity index (χ0v) is 13.8. The molecule has 1 atom stereocenters. The second kappa shape index (κ2) is 7.74. The highest BCUT2D eigenvalue weighted by atomic mass is 19.4. The first-order valence-corrected chi connectivity index (χ1v) is 8.21. The van der Waals surface area contributed by atoms with Crippen LogP contribution >= 0.6 is 0 Å². The predicted molar refractivity (Wildman–Crippen MR) is 91.1 cm³/mol. The van der Waals surface area contributed by atoms with Crippen molar-refractivity contribution in [1.29, 1.82) is 0 Å². The quantitative estimate of drug-likeness (QED) is 0.842. The van der Waals surface area contributed by atoms with Gasteiger partial charge in [0.25, 0.3) is 5.91 Å². The van der Waals surface area contributed by atoms with Gasteiger partial charge in [-0.25, -0.2) is 0 Å². The number of aromatic nitrogens is 1. The van der Waals surface area contributed by atoms with Gasteiger partial charge < -0.3 is 15.4 Å². The van der Waals surface area contributed by atoms with E-state index in [0.29, 0.717) is 17.8 Å². The Morgan fingerprint density at radius 1 is 1.19 bits per heavy atom. The molecule has 1 saturated heterocycles. The van der Waals surface area contributed by atoms with Crippen molar-refractivity contribution < 1.29 is 22.7 Å². The fourth-order valence-electron chi connectivity index (χ4n) is 2.64. The summed E-state index contributed by atoms with van der Waals surface area (Å²) in [7, 11) is 0. The third-order valence-corrected chi connectivity index (χ3v) is 4.03. The van der Waals surface area contributed by atoms with Crippen LogP contribution in [0.4, 0.5) is 24.5 Å². The zero-order chi connectivity index (χ0) is 18.6. The molecule has 2 heterocycles. The first-order chi connectivity index (χ1) is 12.4. The number of amides is 1. The highest BCUT2D eigenvalue weighted by Crippen LogP contribution is 2.29. The van der Waals surface area contributed by atoms with Gasteiger partial charge in [-0.05, 0) is 43.2 Å². The van der Waals surface area contributed by atoms with Crippen molar-refractivity contribution >= 4 is 17.3 Å². The van der Waals surface area contributed by atoms with E-state index < -0.39 is 17.6 Å². The van der Waals surface area contributed by atoms with Crippen LogP contribution in [0.2, 0.25) is 0 Å². The SMILES string of the molecule is O=C(Nc1ccc(C(F)(F)F)cc1)c1cncc(NCC2CCCO2)c1. The van der Waals surface area contributed by atoms with Gasteiger partial charge in [-0.2, -0.15) is 13.2 Å². The van der Waals surface area contributed by atoms with E-state index in [1.165, 1.54) is 18.3 Å². The van der Waals surface area contributed by atoms with Gasteiger partial charge in [0, 0.05) is 31.2 Å². The molecule has 1 aliphatic heterocycles. The second-order valence-corrected chi connectivity index (χ2v) is 6.01. The molecule has 1 aliphatic rings. The average molecular weight is 365 g/mol. The Morgan fingerprint density at radius 2 is 1.96 bits per heavy atom. The maximum absolute atomic E-state index is 12.6. The van der Waals surface area contributed by atoms with Gasteiger partial charge in [-0.15, -0.1) is 0 Å². The maximum atomic E-state index is 12.6. The van der Waals surface area contributed by atoms with E-state index in [-0.39, 0.29) is 11.8 Å².